The summed E-state index contributed by atoms with van der Waals surface area (Å²) in [5.41, 5.74) is 1.63. The summed E-state index contributed by atoms with van der Waals surface area (Å²) in [6.07, 6.45) is 0.0750. The van der Waals surface area contributed by atoms with Gasteiger partial charge in [-0.1, -0.05) is 62.0 Å². The summed E-state index contributed by atoms with van der Waals surface area (Å²) in [4.78, 5) is 24.6. The van der Waals surface area contributed by atoms with E-state index in [1.165, 1.54) is 11.8 Å². The van der Waals surface area contributed by atoms with Gasteiger partial charge in [-0.25, -0.2) is 0 Å². The zero-order valence-electron chi connectivity index (χ0n) is 15.5. The van der Waals surface area contributed by atoms with Crippen LogP contribution in [0.2, 0.25) is 0 Å². The molecule has 27 heavy (non-hydrogen) atoms. The van der Waals surface area contributed by atoms with E-state index in [0.29, 0.717) is 11.1 Å². The molecular weight excluding hydrogens is 360 g/mol. The van der Waals surface area contributed by atoms with Crippen molar-refractivity contribution in [3.05, 3.63) is 42.5 Å². The van der Waals surface area contributed by atoms with Gasteiger partial charge in [0, 0.05) is 23.2 Å². The molecule has 2 N–H and O–H groups in total. The number of hydrogen-bond acceptors (Lipinski definition) is 5. The van der Waals surface area contributed by atoms with Gasteiger partial charge in [-0.2, -0.15) is 5.10 Å². The Morgan fingerprint density at radius 1 is 1.22 bits per heavy atom. The fourth-order valence-electron chi connectivity index (χ4n) is 2.53. The average Bonchev–Trinajstić information content (AvgIpc) is 2.99. The van der Waals surface area contributed by atoms with Crippen molar-refractivity contribution in [3.8, 4) is 0 Å². The van der Waals surface area contributed by atoms with Crippen LogP contribution in [0.5, 0.6) is 0 Å². The Kier molecular flexibility index (Phi) is 5.91. The van der Waals surface area contributed by atoms with Crippen molar-refractivity contribution in [3.63, 3.8) is 0 Å². The predicted molar refractivity (Wildman–Crippen MR) is 112 cm³/mol. The first-order valence-electron chi connectivity index (χ1n) is 8.81. The lowest BCUT2D eigenvalue weighted by Gasteiger charge is -2.10. The van der Waals surface area contributed by atoms with Crippen molar-refractivity contribution in [2.45, 2.75) is 32.4 Å². The number of thioether (sulfide) groups is 1. The van der Waals surface area contributed by atoms with Crippen molar-refractivity contribution in [1.82, 2.24) is 5.32 Å². The molecule has 0 saturated carbocycles. The monoisotopic (exact) mass is 382 g/mol. The number of carbonyl (C=O) groups is 2. The number of benzene rings is 2. The van der Waals surface area contributed by atoms with Gasteiger partial charge in [-0.15, -0.1) is 5.10 Å². The van der Waals surface area contributed by atoms with Gasteiger partial charge in [0.1, 0.15) is 5.25 Å². The number of nitrogens with zero attached hydrogens (tertiary/aromatic N) is 2. The zero-order chi connectivity index (χ0) is 19.4. The molecule has 7 heteroatoms. The summed E-state index contributed by atoms with van der Waals surface area (Å²) in [7, 11) is 0. The van der Waals surface area contributed by atoms with Crippen LogP contribution in [-0.2, 0) is 9.59 Å². The van der Waals surface area contributed by atoms with Crippen LogP contribution >= 0.6 is 11.8 Å². The topological polar surface area (TPSA) is 82.9 Å². The molecule has 0 radical (unpaired) electrons. The lowest BCUT2D eigenvalue weighted by atomic mass is 10.1. The number of fused-ring (bicyclic) bond motifs is 1. The Hall–Kier alpha value is -2.67. The van der Waals surface area contributed by atoms with Gasteiger partial charge in [0.15, 0.2) is 5.17 Å². The van der Waals surface area contributed by atoms with Crippen LogP contribution < -0.4 is 10.6 Å². The molecule has 2 aromatic carbocycles. The van der Waals surface area contributed by atoms with Crippen LogP contribution in [0.1, 0.15) is 27.2 Å². The van der Waals surface area contributed by atoms with E-state index >= 15 is 0 Å². The summed E-state index contributed by atoms with van der Waals surface area (Å²) in [6, 6.07) is 13.6. The SMILES string of the molecule is CC(=NN=C1NC(=O)[C@@H](CC(=O)Nc2cccc3ccccc23)S1)C(C)C. The minimum atomic E-state index is -0.506. The van der Waals surface area contributed by atoms with Crippen molar-refractivity contribution in [2.24, 2.45) is 16.1 Å². The van der Waals surface area contributed by atoms with Crippen molar-refractivity contribution in [1.29, 1.82) is 0 Å². The Bertz CT molecular complexity index is 931. The highest BCUT2D eigenvalue weighted by Gasteiger charge is 2.32. The fraction of sp³-hybridized carbons (Fsp3) is 0.300. The summed E-state index contributed by atoms with van der Waals surface area (Å²) in [6.45, 7) is 5.95. The van der Waals surface area contributed by atoms with Crippen LogP contribution in [-0.4, -0.2) is 27.9 Å². The van der Waals surface area contributed by atoms with E-state index in [1.807, 2.05) is 63.2 Å². The number of anilines is 1. The summed E-state index contributed by atoms with van der Waals surface area (Å²) in [5, 5.41) is 15.8. The molecule has 1 atom stereocenters. The molecule has 0 spiro atoms. The average molecular weight is 382 g/mol. The van der Waals surface area contributed by atoms with Crippen LogP contribution in [0.4, 0.5) is 5.69 Å². The number of amidine groups is 1. The van der Waals surface area contributed by atoms with Crippen LogP contribution in [0.15, 0.2) is 52.7 Å². The molecule has 3 rings (SSSR count). The van der Waals surface area contributed by atoms with Gasteiger partial charge in [0.05, 0.1) is 0 Å². The van der Waals surface area contributed by atoms with E-state index in [2.05, 4.69) is 20.8 Å². The lowest BCUT2D eigenvalue weighted by Crippen LogP contribution is -2.28. The van der Waals surface area contributed by atoms with Gasteiger partial charge in [0.25, 0.3) is 0 Å². The minimum Gasteiger partial charge on any atom is -0.325 e. The second kappa shape index (κ2) is 8.35. The number of carbonyl (C=O) groups excluding carboxylic acids is 2. The quantitative estimate of drug-likeness (QED) is 0.610. The van der Waals surface area contributed by atoms with Crippen molar-refractivity contribution >= 4 is 50.9 Å². The molecule has 0 aliphatic carbocycles. The third-order valence-electron chi connectivity index (χ3n) is 4.35. The Morgan fingerprint density at radius 3 is 2.74 bits per heavy atom. The first-order valence-corrected chi connectivity index (χ1v) is 9.69. The first kappa shape index (κ1) is 19.1. The Morgan fingerprint density at radius 2 is 1.96 bits per heavy atom. The third kappa shape index (κ3) is 4.74. The van der Waals surface area contributed by atoms with E-state index in [1.54, 1.807) is 0 Å². The fourth-order valence-corrected chi connectivity index (χ4v) is 3.45. The Labute approximate surface area is 162 Å². The first-order chi connectivity index (χ1) is 12.9. The van der Waals surface area contributed by atoms with Crippen LogP contribution in [0.25, 0.3) is 10.8 Å². The van der Waals surface area contributed by atoms with E-state index in [0.717, 1.165) is 22.2 Å². The number of amides is 2. The minimum absolute atomic E-state index is 0.0750. The maximum Gasteiger partial charge on any atom is 0.240 e. The van der Waals surface area contributed by atoms with Gasteiger partial charge >= 0.3 is 0 Å². The number of rotatable bonds is 5. The van der Waals surface area contributed by atoms with Gasteiger partial charge < -0.3 is 10.6 Å². The smallest absolute Gasteiger partial charge is 0.240 e. The summed E-state index contributed by atoms with van der Waals surface area (Å²) < 4.78 is 0. The standard InChI is InChI=1S/C20H22N4O2S/c1-12(2)13(3)23-24-20-22-19(26)17(27-20)11-18(25)21-16-10-6-8-14-7-4-5-9-15(14)16/h4-10,12,17H,11H2,1-3H3,(H,21,25)(H,22,24,26)/t17-/m1/s1. The number of hydrogen-bond donors (Lipinski definition) is 2. The molecule has 1 aliphatic rings. The van der Waals surface area contributed by atoms with E-state index in [9.17, 15) is 9.59 Å². The highest BCUT2D eigenvalue weighted by Crippen LogP contribution is 2.26. The second-order valence-electron chi connectivity index (χ2n) is 6.68. The summed E-state index contributed by atoms with van der Waals surface area (Å²) >= 11 is 1.24. The molecule has 1 heterocycles. The molecule has 0 aromatic heterocycles. The largest absolute Gasteiger partial charge is 0.325 e. The predicted octanol–water partition coefficient (Wildman–Crippen LogP) is 3.79. The molecule has 1 saturated heterocycles. The van der Waals surface area contributed by atoms with E-state index < -0.39 is 5.25 Å². The molecule has 0 bridgehead atoms. The van der Waals surface area contributed by atoms with Gasteiger partial charge in [0.2, 0.25) is 11.8 Å². The zero-order valence-corrected chi connectivity index (χ0v) is 16.3. The molecule has 1 fully saturated rings. The molecule has 2 amide bonds. The maximum atomic E-state index is 12.4. The highest BCUT2D eigenvalue weighted by atomic mass is 32.2. The van der Waals surface area contributed by atoms with E-state index in [-0.39, 0.29) is 18.2 Å². The molecule has 0 unspecified atom stereocenters. The maximum absolute atomic E-state index is 12.4. The van der Waals surface area contributed by atoms with Crippen LogP contribution in [0, 0.1) is 5.92 Å². The van der Waals surface area contributed by atoms with Crippen molar-refractivity contribution < 1.29 is 9.59 Å². The highest BCUT2D eigenvalue weighted by molar-refractivity contribution is 8.15. The van der Waals surface area contributed by atoms with Crippen molar-refractivity contribution in [2.75, 3.05) is 5.32 Å². The third-order valence-corrected chi connectivity index (χ3v) is 5.42. The molecule has 6 nitrogen and oxygen atoms in total. The van der Waals surface area contributed by atoms with Gasteiger partial charge in [-0.05, 0) is 24.3 Å². The van der Waals surface area contributed by atoms with Crippen LogP contribution in [0.3, 0.4) is 0 Å². The summed E-state index contributed by atoms with van der Waals surface area (Å²) in [5.74, 6) is -0.134. The molecular formula is C20H22N4O2S. The Balaban J connectivity index is 1.65. The lowest BCUT2D eigenvalue weighted by molar-refractivity contribution is -0.122. The molecule has 2 aromatic rings. The van der Waals surface area contributed by atoms with Gasteiger partial charge in [-0.3, -0.25) is 9.59 Å². The normalized spacial score (nSPS) is 19.0. The number of nitrogens with one attached hydrogen (secondary N) is 2. The molecule has 1 aliphatic heterocycles. The molecule has 140 valence electrons. The second-order valence-corrected chi connectivity index (χ2v) is 7.87. The van der Waals surface area contributed by atoms with E-state index in [4.69, 9.17) is 0 Å².